The van der Waals surface area contributed by atoms with Gasteiger partial charge in [-0.15, -0.1) is 0 Å². The van der Waals surface area contributed by atoms with E-state index < -0.39 is 0 Å². The monoisotopic (exact) mass is 179 g/mol. The number of aromatic nitrogens is 2. The summed E-state index contributed by atoms with van der Waals surface area (Å²) in [5.41, 5.74) is 1.12. The number of hydrogen-bond donors (Lipinski definition) is 1. The summed E-state index contributed by atoms with van der Waals surface area (Å²) in [6, 6.07) is 0. The highest BCUT2D eigenvalue weighted by molar-refractivity contribution is 5.86. The van der Waals surface area contributed by atoms with Crippen molar-refractivity contribution in [2.24, 2.45) is 7.05 Å². The summed E-state index contributed by atoms with van der Waals surface area (Å²) in [5.74, 6) is -0.135. The van der Waals surface area contributed by atoms with Gasteiger partial charge in [-0.2, -0.15) is 5.10 Å². The van der Waals surface area contributed by atoms with E-state index in [-0.39, 0.29) is 5.91 Å². The second kappa shape index (κ2) is 4.45. The molecule has 0 atom stereocenters. The standard InChI is InChI=1S/C9H13N3O/c1-3-9(13)10-5-4-8-6-11-12(2)7-8/h3,6-7H,1,4-5H2,2H3,(H,10,13). The maximum absolute atomic E-state index is 10.8. The third-order valence-electron chi connectivity index (χ3n) is 1.66. The van der Waals surface area contributed by atoms with Gasteiger partial charge in [-0.3, -0.25) is 9.48 Å². The molecule has 0 aliphatic rings. The molecule has 0 radical (unpaired) electrons. The molecule has 4 heteroatoms. The summed E-state index contributed by atoms with van der Waals surface area (Å²) in [5, 5.41) is 6.71. The summed E-state index contributed by atoms with van der Waals surface area (Å²) < 4.78 is 1.74. The smallest absolute Gasteiger partial charge is 0.243 e. The third-order valence-corrected chi connectivity index (χ3v) is 1.66. The first-order valence-electron chi connectivity index (χ1n) is 4.10. The molecular formula is C9H13N3O. The lowest BCUT2D eigenvalue weighted by molar-refractivity contribution is -0.116. The Balaban J connectivity index is 2.27. The Hall–Kier alpha value is -1.58. The minimum atomic E-state index is -0.135. The lowest BCUT2D eigenvalue weighted by Gasteiger charge is -1.98. The zero-order chi connectivity index (χ0) is 9.68. The van der Waals surface area contributed by atoms with Gasteiger partial charge in [0.1, 0.15) is 0 Å². The molecule has 0 aliphatic heterocycles. The fraction of sp³-hybridized carbons (Fsp3) is 0.333. The molecule has 1 amide bonds. The second-order valence-electron chi connectivity index (χ2n) is 2.77. The number of carbonyl (C=O) groups excluding carboxylic acids is 1. The molecule has 1 N–H and O–H groups in total. The number of rotatable bonds is 4. The fourth-order valence-electron chi connectivity index (χ4n) is 1.00. The largest absolute Gasteiger partial charge is 0.352 e. The number of amides is 1. The van der Waals surface area contributed by atoms with Crippen LogP contribution in [0.3, 0.4) is 0 Å². The van der Waals surface area contributed by atoms with Crippen molar-refractivity contribution in [2.45, 2.75) is 6.42 Å². The summed E-state index contributed by atoms with van der Waals surface area (Å²) in [7, 11) is 1.87. The normalized spacial score (nSPS) is 9.62. The number of carbonyl (C=O) groups is 1. The van der Waals surface area contributed by atoms with Gasteiger partial charge in [0.15, 0.2) is 0 Å². The molecule has 0 spiro atoms. The summed E-state index contributed by atoms with van der Waals surface area (Å²) >= 11 is 0. The number of nitrogens with zero attached hydrogens (tertiary/aromatic N) is 2. The first-order chi connectivity index (χ1) is 6.22. The Bertz CT molecular complexity index is 304. The van der Waals surface area contributed by atoms with E-state index in [9.17, 15) is 4.79 Å². The Morgan fingerprint density at radius 2 is 2.62 bits per heavy atom. The molecule has 0 aromatic carbocycles. The van der Waals surface area contributed by atoms with Crippen molar-refractivity contribution < 1.29 is 4.79 Å². The zero-order valence-electron chi connectivity index (χ0n) is 7.66. The van der Waals surface area contributed by atoms with Crippen LogP contribution in [0.2, 0.25) is 0 Å². The van der Waals surface area contributed by atoms with Gasteiger partial charge in [0.25, 0.3) is 0 Å². The highest BCUT2D eigenvalue weighted by Gasteiger charge is 1.96. The van der Waals surface area contributed by atoms with E-state index in [1.54, 1.807) is 10.9 Å². The topological polar surface area (TPSA) is 46.9 Å². The highest BCUT2D eigenvalue weighted by Crippen LogP contribution is 1.95. The van der Waals surface area contributed by atoms with E-state index in [2.05, 4.69) is 17.0 Å². The van der Waals surface area contributed by atoms with Crippen LogP contribution in [0, 0.1) is 0 Å². The Morgan fingerprint density at radius 3 is 3.15 bits per heavy atom. The molecular weight excluding hydrogens is 166 g/mol. The Labute approximate surface area is 77.3 Å². The summed E-state index contributed by atoms with van der Waals surface area (Å²) in [4.78, 5) is 10.8. The lowest BCUT2D eigenvalue weighted by atomic mass is 10.2. The molecule has 0 aliphatic carbocycles. The van der Waals surface area contributed by atoms with Crippen molar-refractivity contribution >= 4 is 5.91 Å². The molecule has 0 bridgehead atoms. The van der Waals surface area contributed by atoms with Crippen molar-refractivity contribution in [2.75, 3.05) is 6.54 Å². The quantitative estimate of drug-likeness (QED) is 0.674. The van der Waals surface area contributed by atoms with Crippen molar-refractivity contribution in [3.63, 3.8) is 0 Å². The predicted molar refractivity (Wildman–Crippen MR) is 50.1 cm³/mol. The first kappa shape index (κ1) is 9.51. The minimum Gasteiger partial charge on any atom is -0.352 e. The molecule has 1 heterocycles. The van der Waals surface area contributed by atoms with Crippen LogP contribution in [0.4, 0.5) is 0 Å². The molecule has 0 fully saturated rings. The van der Waals surface area contributed by atoms with Gasteiger partial charge >= 0.3 is 0 Å². The highest BCUT2D eigenvalue weighted by atomic mass is 16.1. The maximum atomic E-state index is 10.8. The Kier molecular flexibility index (Phi) is 3.25. The van der Waals surface area contributed by atoms with Crippen molar-refractivity contribution in [1.82, 2.24) is 15.1 Å². The molecule has 4 nitrogen and oxygen atoms in total. The zero-order valence-corrected chi connectivity index (χ0v) is 7.66. The maximum Gasteiger partial charge on any atom is 0.243 e. The van der Waals surface area contributed by atoms with Gasteiger partial charge in [0, 0.05) is 19.8 Å². The molecule has 1 aromatic rings. The van der Waals surface area contributed by atoms with Gasteiger partial charge < -0.3 is 5.32 Å². The minimum absolute atomic E-state index is 0.135. The lowest BCUT2D eigenvalue weighted by Crippen LogP contribution is -2.23. The van der Waals surface area contributed by atoms with Crippen molar-refractivity contribution in [3.8, 4) is 0 Å². The van der Waals surface area contributed by atoms with Gasteiger partial charge in [-0.1, -0.05) is 6.58 Å². The van der Waals surface area contributed by atoms with Crippen LogP contribution in [0.5, 0.6) is 0 Å². The van der Waals surface area contributed by atoms with Crippen molar-refractivity contribution in [1.29, 1.82) is 0 Å². The van der Waals surface area contributed by atoms with Crippen LogP contribution in [-0.2, 0) is 18.3 Å². The molecule has 0 unspecified atom stereocenters. The molecule has 1 aromatic heterocycles. The van der Waals surface area contributed by atoms with E-state index in [0.717, 1.165) is 12.0 Å². The average Bonchev–Trinajstić information content (AvgIpc) is 2.51. The van der Waals surface area contributed by atoms with Crippen LogP contribution in [0.1, 0.15) is 5.56 Å². The van der Waals surface area contributed by atoms with Crippen LogP contribution >= 0.6 is 0 Å². The van der Waals surface area contributed by atoms with Gasteiger partial charge in [-0.05, 0) is 18.1 Å². The van der Waals surface area contributed by atoms with Crippen LogP contribution in [0.25, 0.3) is 0 Å². The van der Waals surface area contributed by atoms with Crippen LogP contribution < -0.4 is 5.32 Å². The molecule has 70 valence electrons. The number of hydrogen-bond acceptors (Lipinski definition) is 2. The van der Waals surface area contributed by atoms with E-state index >= 15 is 0 Å². The molecule has 1 rings (SSSR count). The van der Waals surface area contributed by atoms with Crippen LogP contribution in [-0.4, -0.2) is 22.2 Å². The average molecular weight is 179 g/mol. The van der Waals surface area contributed by atoms with E-state index in [1.807, 2.05) is 13.2 Å². The first-order valence-corrected chi connectivity index (χ1v) is 4.10. The summed E-state index contributed by atoms with van der Waals surface area (Å²) in [6.45, 7) is 3.98. The SMILES string of the molecule is C=CC(=O)NCCc1cnn(C)c1. The number of aryl methyl sites for hydroxylation is 1. The van der Waals surface area contributed by atoms with E-state index in [0.29, 0.717) is 6.54 Å². The second-order valence-corrected chi connectivity index (χ2v) is 2.77. The predicted octanol–water partition coefficient (Wildman–Crippen LogP) is 0.265. The molecule has 0 saturated heterocycles. The van der Waals surface area contributed by atoms with Gasteiger partial charge in [0.05, 0.1) is 6.20 Å². The van der Waals surface area contributed by atoms with Crippen LogP contribution in [0.15, 0.2) is 25.0 Å². The van der Waals surface area contributed by atoms with E-state index in [1.165, 1.54) is 6.08 Å². The van der Waals surface area contributed by atoms with Gasteiger partial charge in [0.2, 0.25) is 5.91 Å². The molecule has 0 saturated carbocycles. The van der Waals surface area contributed by atoms with Crippen molar-refractivity contribution in [3.05, 3.63) is 30.6 Å². The van der Waals surface area contributed by atoms with E-state index in [4.69, 9.17) is 0 Å². The Morgan fingerprint density at radius 1 is 1.85 bits per heavy atom. The number of nitrogens with one attached hydrogen (secondary N) is 1. The fourth-order valence-corrected chi connectivity index (χ4v) is 1.00. The van der Waals surface area contributed by atoms with Gasteiger partial charge in [-0.25, -0.2) is 0 Å². The third kappa shape index (κ3) is 3.11. The molecule has 13 heavy (non-hydrogen) atoms. The summed E-state index contributed by atoms with van der Waals surface area (Å²) in [6.07, 6.45) is 5.79.